The molecule has 2 aromatic carbocycles. The third-order valence-electron chi connectivity index (χ3n) is 5.04. The van der Waals surface area contributed by atoms with Crippen LogP contribution in [-0.4, -0.2) is 51.5 Å². The zero-order valence-corrected chi connectivity index (χ0v) is 20.6. The number of thiophene rings is 2. The second kappa shape index (κ2) is 10.8. The summed E-state index contributed by atoms with van der Waals surface area (Å²) in [6.45, 7) is 3.39. The molecule has 3 amide bonds. The fourth-order valence-corrected chi connectivity index (χ4v) is 5.38. The summed E-state index contributed by atoms with van der Waals surface area (Å²) in [4.78, 5) is 24.9. The van der Waals surface area contributed by atoms with Crippen molar-refractivity contribution in [2.45, 2.75) is 26.4 Å². The summed E-state index contributed by atoms with van der Waals surface area (Å²) in [6, 6.07) is 17.2. The van der Waals surface area contributed by atoms with Crippen LogP contribution >= 0.6 is 22.7 Å². The van der Waals surface area contributed by atoms with Gasteiger partial charge in [-0.15, -0.1) is 22.7 Å². The minimum Gasteiger partial charge on any atom is -0.329 e. The zero-order valence-electron chi connectivity index (χ0n) is 18.9. The molecule has 0 aliphatic heterocycles. The van der Waals surface area contributed by atoms with Gasteiger partial charge in [-0.2, -0.15) is 0 Å². The van der Waals surface area contributed by atoms with Gasteiger partial charge in [-0.1, -0.05) is 36.4 Å². The highest BCUT2D eigenvalue weighted by Crippen LogP contribution is 2.32. The molecule has 4 aromatic rings. The van der Waals surface area contributed by atoms with Crippen molar-refractivity contribution in [3.63, 3.8) is 0 Å². The number of urea groups is 1. The van der Waals surface area contributed by atoms with Gasteiger partial charge < -0.3 is 4.90 Å². The van der Waals surface area contributed by atoms with Crippen LogP contribution < -0.4 is 0 Å². The molecule has 0 aliphatic rings. The molecule has 2 N–H and O–H groups in total. The van der Waals surface area contributed by atoms with Crippen molar-refractivity contribution in [2.75, 3.05) is 14.1 Å². The molecule has 1 atom stereocenters. The van der Waals surface area contributed by atoms with Crippen molar-refractivity contribution in [2.24, 2.45) is 0 Å². The first kappa shape index (κ1) is 24.7. The predicted octanol–water partition coefficient (Wildman–Crippen LogP) is 5.97. The van der Waals surface area contributed by atoms with Gasteiger partial charge in [0.05, 0.1) is 12.6 Å². The topological polar surface area (TPSA) is 84.3 Å². The fourth-order valence-electron chi connectivity index (χ4n) is 3.29. The Balaban J connectivity index is 0.000000186. The Morgan fingerprint density at radius 1 is 1.00 bits per heavy atom. The summed E-state index contributed by atoms with van der Waals surface area (Å²) in [7, 11) is 3.22. The van der Waals surface area contributed by atoms with Crippen molar-refractivity contribution in [1.82, 2.24) is 15.0 Å². The summed E-state index contributed by atoms with van der Waals surface area (Å²) in [6.07, 6.45) is 0. The highest BCUT2D eigenvalue weighted by atomic mass is 32.1. The van der Waals surface area contributed by atoms with Gasteiger partial charge in [0.1, 0.15) is 0 Å². The number of benzene rings is 2. The van der Waals surface area contributed by atoms with Crippen LogP contribution in [0.2, 0.25) is 0 Å². The molecule has 0 saturated carbocycles. The van der Waals surface area contributed by atoms with E-state index in [9.17, 15) is 20.0 Å². The number of hydroxylamine groups is 4. The molecule has 0 aliphatic carbocycles. The second-order valence-electron chi connectivity index (χ2n) is 7.71. The van der Waals surface area contributed by atoms with Gasteiger partial charge in [0.2, 0.25) is 5.91 Å². The summed E-state index contributed by atoms with van der Waals surface area (Å²) >= 11 is 3.20. The average Bonchev–Trinajstić information content (AvgIpc) is 3.41. The van der Waals surface area contributed by atoms with Crippen LogP contribution in [0.5, 0.6) is 0 Å². The third kappa shape index (κ3) is 5.88. The number of nitrogens with zero attached hydrogens (tertiary/aromatic N) is 3. The molecule has 33 heavy (non-hydrogen) atoms. The van der Waals surface area contributed by atoms with Gasteiger partial charge >= 0.3 is 6.03 Å². The molecule has 0 bridgehead atoms. The maximum Gasteiger partial charge on any atom is 0.343 e. The number of amides is 3. The normalized spacial score (nSPS) is 11.6. The van der Waals surface area contributed by atoms with Gasteiger partial charge in [-0.25, -0.2) is 14.9 Å². The first-order valence-corrected chi connectivity index (χ1v) is 12.0. The molecule has 2 aromatic heterocycles. The van der Waals surface area contributed by atoms with Crippen molar-refractivity contribution in [1.29, 1.82) is 0 Å². The molecular formula is C24H27N3O4S2. The fraction of sp³-hybridized carbons (Fsp3) is 0.250. The zero-order chi connectivity index (χ0) is 24.1. The summed E-state index contributed by atoms with van der Waals surface area (Å²) in [5.74, 6) is -0.345. The second-order valence-corrected chi connectivity index (χ2v) is 9.79. The molecule has 7 nitrogen and oxygen atoms in total. The van der Waals surface area contributed by atoms with E-state index in [4.69, 9.17) is 0 Å². The SMILES string of the molecule is CC(=O)N(O)C(C)c1csc2ccccc12.CN(C)C(=O)N(O)Cc1cc2ccccc2s1. The quantitative estimate of drug-likeness (QED) is 0.275. The van der Waals surface area contributed by atoms with Crippen molar-refractivity contribution in [3.8, 4) is 0 Å². The Bertz CT molecular complexity index is 1220. The van der Waals surface area contributed by atoms with Crippen LogP contribution in [0.15, 0.2) is 60.0 Å². The van der Waals surface area contributed by atoms with E-state index >= 15 is 0 Å². The summed E-state index contributed by atoms with van der Waals surface area (Å²) < 4.78 is 2.33. The Morgan fingerprint density at radius 2 is 1.64 bits per heavy atom. The van der Waals surface area contributed by atoms with E-state index in [1.165, 1.54) is 16.5 Å². The third-order valence-corrected chi connectivity index (χ3v) is 7.12. The van der Waals surface area contributed by atoms with Crippen LogP contribution in [0, 0.1) is 0 Å². The molecule has 0 fully saturated rings. The lowest BCUT2D eigenvalue weighted by Crippen LogP contribution is -2.36. The Labute approximate surface area is 200 Å². The minimum absolute atomic E-state index is 0.219. The van der Waals surface area contributed by atoms with E-state index in [1.807, 2.05) is 66.9 Å². The molecule has 2 heterocycles. The van der Waals surface area contributed by atoms with Gasteiger partial charge in [0, 0.05) is 35.3 Å². The van der Waals surface area contributed by atoms with Crippen molar-refractivity contribution in [3.05, 3.63) is 70.4 Å². The number of rotatable bonds is 4. The molecule has 174 valence electrons. The first-order valence-electron chi connectivity index (χ1n) is 10.3. The number of carbonyl (C=O) groups is 2. The molecule has 0 saturated heterocycles. The van der Waals surface area contributed by atoms with Crippen molar-refractivity contribution < 1.29 is 20.0 Å². The van der Waals surface area contributed by atoms with Gasteiger partial charge in [-0.05, 0) is 46.8 Å². The lowest BCUT2D eigenvalue weighted by molar-refractivity contribution is -0.172. The van der Waals surface area contributed by atoms with Crippen molar-refractivity contribution >= 4 is 54.8 Å². The van der Waals surface area contributed by atoms with E-state index in [1.54, 1.807) is 36.8 Å². The van der Waals surface area contributed by atoms with E-state index in [0.29, 0.717) is 0 Å². The van der Waals surface area contributed by atoms with Gasteiger partial charge in [0.15, 0.2) is 0 Å². The first-order chi connectivity index (χ1) is 15.7. The smallest absolute Gasteiger partial charge is 0.329 e. The standard InChI is InChI=1S/C12H14N2O2S.C12H13NO2S/c1-13(2)12(15)14(16)8-10-7-9-5-3-4-6-11(9)17-10;1-8(13(15)9(2)14)11-7-16-12-6-4-3-5-10(11)12/h3-7,16H,8H2,1-2H3;3-8,15H,1-2H3. The molecule has 1 unspecified atom stereocenters. The Hall–Kier alpha value is -2.98. The Morgan fingerprint density at radius 3 is 2.27 bits per heavy atom. The largest absolute Gasteiger partial charge is 0.343 e. The molecule has 4 rings (SSSR count). The predicted molar refractivity (Wildman–Crippen MR) is 133 cm³/mol. The number of hydrogen-bond acceptors (Lipinski definition) is 6. The van der Waals surface area contributed by atoms with Crippen LogP contribution in [0.25, 0.3) is 20.2 Å². The maximum absolute atomic E-state index is 11.5. The lowest BCUT2D eigenvalue weighted by atomic mass is 10.1. The van der Waals surface area contributed by atoms with Crippen LogP contribution in [0.3, 0.4) is 0 Å². The van der Waals surface area contributed by atoms with Crippen LogP contribution in [0.1, 0.15) is 30.3 Å². The number of hydrogen-bond donors (Lipinski definition) is 2. The van der Waals surface area contributed by atoms with Crippen LogP contribution in [-0.2, 0) is 11.3 Å². The number of carbonyl (C=O) groups excluding carboxylic acids is 2. The van der Waals surface area contributed by atoms with Crippen LogP contribution in [0.4, 0.5) is 4.79 Å². The van der Waals surface area contributed by atoms with Gasteiger partial charge in [0.25, 0.3) is 0 Å². The van der Waals surface area contributed by atoms with Gasteiger partial charge in [-0.3, -0.25) is 15.2 Å². The minimum atomic E-state index is -0.414. The Kier molecular flexibility index (Phi) is 8.04. The highest BCUT2D eigenvalue weighted by molar-refractivity contribution is 7.19. The molecule has 9 heteroatoms. The molecular weight excluding hydrogens is 458 g/mol. The monoisotopic (exact) mass is 485 g/mol. The summed E-state index contributed by atoms with van der Waals surface area (Å²) in [5.41, 5.74) is 0.985. The van der Waals surface area contributed by atoms with E-state index in [-0.39, 0.29) is 18.5 Å². The number of fused-ring (bicyclic) bond motifs is 2. The average molecular weight is 486 g/mol. The summed E-state index contributed by atoms with van der Waals surface area (Å²) in [5, 5.41) is 25.0. The van der Waals surface area contributed by atoms with E-state index in [0.717, 1.165) is 36.0 Å². The highest BCUT2D eigenvalue weighted by Gasteiger charge is 2.19. The molecule has 0 spiro atoms. The maximum atomic E-state index is 11.5. The van der Waals surface area contributed by atoms with E-state index in [2.05, 4.69) is 0 Å². The van der Waals surface area contributed by atoms with E-state index < -0.39 is 6.03 Å². The molecule has 0 radical (unpaired) electrons. The lowest BCUT2D eigenvalue weighted by Gasteiger charge is -2.20.